The van der Waals surface area contributed by atoms with Crippen molar-refractivity contribution in [3.8, 4) is 0 Å². The number of hydrogen-bond donors (Lipinski definition) is 2. The SMILES string of the molecule is CC(NC(=O)C(C)(C)Br)C(=O)NC1CC1. The Bertz CT molecular complexity index is 269. The van der Waals surface area contributed by atoms with Crippen LogP contribution in [0.1, 0.15) is 33.6 Å². The molecule has 1 saturated carbocycles. The smallest absolute Gasteiger partial charge is 0.242 e. The number of alkyl halides is 1. The van der Waals surface area contributed by atoms with Gasteiger partial charge in [0, 0.05) is 6.04 Å². The Hall–Kier alpha value is -0.580. The lowest BCUT2D eigenvalue weighted by Crippen LogP contribution is -2.49. The van der Waals surface area contributed by atoms with Gasteiger partial charge in [-0.1, -0.05) is 15.9 Å². The molecule has 0 aromatic carbocycles. The number of carbonyl (C=O) groups is 2. The first-order valence-corrected chi connectivity index (χ1v) is 5.90. The molecule has 4 nitrogen and oxygen atoms in total. The summed E-state index contributed by atoms with van der Waals surface area (Å²) in [6, 6.07) is -0.149. The van der Waals surface area contributed by atoms with Crippen molar-refractivity contribution in [1.29, 1.82) is 0 Å². The van der Waals surface area contributed by atoms with Crippen molar-refractivity contribution in [2.45, 2.75) is 50.0 Å². The van der Waals surface area contributed by atoms with Crippen molar-refractivity contribution in [2.24, 2.45) is 0 Å². The molecule has 1 atom stereocenters. The molecule has 1 fully saturated rings. The molecule has 0 radical (unpaired) electrons. The molecule has 1 unspecified atom stereocenters. The number of nitrogens with one attached hydrogen (secondary N) is 2. The maximum Gasteiger partial charge on any atom is 0.242 e. The van der Waals surface area contributed by atoms with Crippen molar-refractivity contribution in [1.82, 2.24) is 10.6 Å². The number of rotatable bonds is 4. The second kappa shape index (κ2) is 4.51. The van der Waals surface area contributed by atoms with Gasteiger partial charge >= 0.3 is 0 Å². The summed E-state index contributed by atoms with van der Waals surface area (Å²) in [5.41, 5.74) is 0. The standard InChI is InChI=1S/C10H17BrN2O2/c1-6(8(14)13-7-4-5-7)12-9(15)10(2,3)11/h6-7H,4-5H2,1-3H3,(H,12,15)(H,13,14). The van der Waals surface area contributed by atoms with Crippen LogP contribution in [0.3, 0.4) is 0 Å². The van der Waals surface area contributed by atoms with Crippen LogP contribution in [0.15, 0.2) is 0 Å². The van der Waals surface area contributed by atoms with Crippen molar-refractivity contribution in [2.75, 3.05) is 0 Å². The van der Waals surface area contributed by atoms with Crippen molar-refractivity contribution < 1.29 is 9.59 Å². The topological polar surface area (TPSA) is 58.2 Å². The molecule has 1 rings (SSSR count). The molecular formula is C10H17BrN2O2. The Kier molecular flexibility index (Phi) is 3.76. The fourth-order valence-electron chi connectivity index (χ4n) is 0.988. The lowest BCUT2D eigenvalue weighted by molar-refractivity contribution is -0.129. The summed E-state index contributed by atoms with van der Waals surface area (Å²) in [5, 5.41) is 5.50. The molecule has 1 aliphatic rings. The molecule has 0 heterocycles. The molecule has 0 spiro atoms. The van der Waals surface area contributed by atoms with E-state index in [2.05, 4.69) is 26.6 Å². The summed E-state index contributed by atoms with van der Waals surface area (Å²) in [7, 11) is 0. The largest absolute Gasteiger partial charge is 0.352 e. The molecule has 1 aliphatic carbocycles. The van der Waals surface area contributed by atoms with Gasteiger partial charge in [-0.2, -0.15) is 0 Å². The average Bonchev–Trinajstić information content (AvgIpc) is 2.86. The van der Waals surface area contributed by atoms with Gasteiger partial charge < -0.3 is 10.6 Å². The Morgan fingerprint density at radius 1 is 1.40 bits per heavy atom. The van der Waals surface area contributed by atoms with Crippen LogP contribution in [0.5, 0.6) is 0 Å². The molecular weight excluding hydrogens is 260 g/mol. The summed E-state index contributed by atoms with van der Waals surface area (Å²) in [6.45, 7) is 5.18. The van der Waals surface area contributed by atoms with Crippen LogP contribution in [0.4, 0.5) is 0 Å². The van der Waals surface area contributed by atoms with Gasteiger partial charge in [0.05, 0.1) is 4.32 Å². The number of amides is 2. The van der Waals surface area contributed by atoms with E-state index in [4.69, 9.17) is 0 Å². The van der Waals surface area contributed by atoms with E-state index < -0.39 is 10.4 Å². The van der Waals surface area contributed by atoms with Crippen LogP contribution in [0.2, 0.25) is 0 Å². The van der Waals surface area contributed by atoms with Gasteiger partial charge in [-0.15, -0.1) is 0 Å². The molecule has 0 aromatic rings. The van der Waals surface area contributed by atoms with Gasteiger partial charge in [-0.25, -0.2) is 0 Å². The predicted octanol–water partition coefficient (Wildman–Crippen LogP) is 0.943. The highest BCUT2D eigenvalue weighted by molar-refractivity contribution is 9.10. The predicted molar refractivity (Wildman–Crippen MR) is 61.8 cm³/mol. The van der Waals surface area contributed by atoms with E-state index in [0.29, 0.717) is 6.04 Å². The maximum atomic E-state index is 11.5. The normalized spacial score (nSPS) is 18.1. The second-order valence-corrected chi connectivity index (χ2v) is 6.43. The summed E-state index contributed by atoms with van der Waals surface area (Å²) in [4.78, 5) is 23.1. The Labute approximate surface area is 98.3 Å². The highest BCUT2D eigenvalue weighted by atomic mass is 79.9. The number of halogens is 1. The minimum atomic E-state index is -0.638. The first kappa shape index (κ1) is 12.5. The molecule has 5 heteroatoms. The molecule has 0 bridgehead atoms. The fraction of sp³-hybridized carbons (Fsp3) is 0.800. The zero-order valence-electron chi connectivity index (χ0n) is 9.26. The molecule has 0 saturated heterocycles. The van der Waals surface area contributed by atoms with Gasteiger partial charge in [-0.05, 0) is 33.6 Å². The van der Waals surface area contributed by atoms with E-state index in [0.717, 1.165) is 12.8 Å². The van der Waals surface area contributed by atoms with E-state index in [1.54, 1.807) is 20.8 Å². The quantitative estimate of drug-likeness (QED) is 0.751. The maximum absolute atomic E-state index is 11.5. The third-order valence-corrected chi connectivity index (χ3v) is 2.56. The van der Waals surface area contributed by atoms with E-state index >= 15 is 0 Å². The lowest BCUT2D eigenvalue weighted by Gasteiger charge is -2.20. The minimum absolute atomic E-state index is 0.109. The summed E-state index contributed by atoms with van der Waals surface area (Å²) >= 11 is 3.24. The number of hydrogen-bond acceptors (Lipinski definition) is 2. The molecule has 86 valence electrons. The van der Waals surface area contributed by atoms with Gasteiger partial charge in [0.25, 0.3) is 0 Å². The third-order valence-electron chi connectivity index (χ3n) is 2.20. The molecule has 2 N–H and O–H groups in total. The van der Waals surface area contributed by atoms with Gasteiger partial charge in [0.15, 0.2) is 0 Å². The van der Waals surface area contributed by atoms with Crippen LogP contribution in [0.25, 0.3) is 0 Å². The van der Waals surface area contributed by atoms with Crippen LogP contribution >= 0.6 is 15.9 Å². The first-order chi connectivity index (χ1) is 6.80. The van der Waals surface area contributed by atoms with E-state index in [9.17, 15) is 9.59 Å². The third kappa shape index (κ3) is 4.20. The molecule has 0 aromatic heterocycles. The Balaban J connectivity index is 2.36. The van der Waals surface area contributed by atoms with Crippen LogP contribution < -0.4 is 10.6 Å². The fourth-order valence-corrected chi connectivity index (χ4v) is 1.10. The highest BCUT2D eigenvalue weighted by Gasteiger charge is 2.29. The van der Waals surface area contributed by atoms with Gasteiger partial charge in [0.1, 0.15) is 6.04 Å². The number of carbonyl (C=O) groups excluding carboxylic acids is 2. The average molecular weight is 277 g/mol. The van der Waals surface area contributed by atoms with Crippen molar-refractivity contribution in [3.63, 3.8) is 0 Å². The van der Waals surface area contributed by atoms with Crippen LogP contribution in [-0.4, -0.2) is 28.2 Å². The van der Waals surface area contributed by atoms with E-state index in [-0.39, 0.29) is 11.8 Å². The zero-order chi connectivity index (χ0) is 11.6. The van der Waals surface area contributed by atoms with Gasteiger partial charge in [-0.3, -0.25) is 9.59 Å². The Morgan fingerprint density at radius 3 is 2.33 bits per heavy atom. The van der Waals surface area contributed by atoms with Crippen LogP contribution in [0, 0.1) is 0 Å². The van der Waals surface area contributed by atoms with E-state index in [1.165, 1.54) is 0 Å². The summed E-state index contributed by atoms with van der Waals surface area (Å²) in [6.07, 6.45) is 2.10. The van der Waals surface area contributed by atoms with Crippen molar-refractivity contribution in [3.05, 3.63) is 0 Å². The minimum Gasteiger partial charge on any atom is -0.352 e. The Morgan fingerprint density at radius 2 is 1.93 bits per heavy atom. The second-order valence-electron chi connectivity index (χ2n) is 4.45. The molecule has 15 heavy (non-hydrogen) atoms. The summed E-state index contributed by atoms with van der Waals surface area (Å²) in [5.74, 6) is -0.288. The molecule has 2 amide bonds. The van der Waals surface area contributed by atoms with E-state index in [1.807, 2.05) is 0 Å². The van der Waals surface area contributed by atoms with Crippen molar-refractivity contribution >= 4 is 27.7 Å². The van der Waals surface area contributed by atoms with Gasteiger partial charge in [0.2, 0.25) is 11.8 Å². The lowest BCUT2D eigenvalue weighted by atomic mass is 10.2. The first-order valence-electron chi connectivity index (χ1n) is 5.11. The monoisotopic (exact) mass is 276 g/mol. The molecule has 0 aliphatic heterocycles. The zero-order valence-corrected chi connectivity index (χ0v) is 10.8. The summed E-state index contributed by atoms with van der Waals surface area (Å²) < 4.78 is -0.638. The van der Waals surface area contributed by atoms with Crippen LogP contribution in [-0.2, 0) is 9.59 Å². The highest BCUT2D eigenvalue weighted by Crippen LogP contribution is 2.19.